The standard InChI is InChI=1S/C9H14/c1-8-4-5-9(8)3-2-7(9)6-8/h7H,2-6H2,1H3. The largest absolute Gasteiger partial charge is 0.0591 e. The molecule has 0 aromatic carbocycles. The summed E-state index contributed by atoms with van der Waals surface area (Å²) in [5.41, 5.74) is 1.79. The van der Waals surface area contributed by atoms with Crippen LogP contribution in [0.4, 0.5) is 0 Å². The summed E-state index contributed by atoms with van der Waals surface area (Å²) < 4.78 is 0. The lowest BCUT2D eigenvalue weighted by atomic mass is 9.27. The maximum absolute atomic E-state index is 2.51. The Morgan fingerprint density at radius 3 is 2.11 bits per heavy atom. The second kappa shape index (κ2) is 0.980. The molecule has 0 aliphatic heterocycles. The lowest BCUT2D eigenvalue weighted by Crippen LogP contribution is -2.69. The van der Waals surface area contributed by atoms with Crippen molar-refractivity contribution in [3.63, 3.8) is 0 Å². The smallest absolute Gasteiger partial charge is 0.0215 e. The van der Waals surface area contributed by atoms with Crippen LogP contribution < -0.4 is 0 Å². The molecule has 0 radical (unpaired) electrons. The molecular formula is C9H14. The molecular weight excluding hydrogens is 108 g/mol. The van der Waals surface area contributed by atoms with Crippen LogP contribution in [0.1, 0.15) is 39.0 Å². The van der Waals surface area contributed by atoms with Crippen LogP contribution in [-0.4, -0.2) is 0 Å². The van der Waals surface area contributed by atoms with Crippen LogP contribution in [0, 0.1) is 16.7 Å². The molecule has 0 N–H and O–H groups in total. The van der Waals surface area contributed by atoms with Crippen LogP contribution in [0.5, 0.6) is 0 Å². The molecule has 3 aliphatic carbocycles. The van der Waals surface area contributed by atoms with Gasteiger partial charge in [0.15, 0.2) is 0 Å². The first-order chi connectivity index (χ1) is 4.27. The molecule has 3 saturated carbocycles. The molecule has 0 aromatic heterocycles. The van der Waals surface area contributed by atoms with E-state index in [0.29, 0.717) is 0 Å². The van der Waals surface area contributed by atoms with E-state index in [1.165, 1.54) is 5.92 Å². The fraction of sp³-hybridized carbons (Fsp3) is 1.00. The molecule has 3 unspecified atom stereocenters. The summed E-state index contributed by atoms with van der Waals surface area (Å²) in [4.78, 5) is 0. The molecule has 1 spiro atoms. The molecule has 0 nitrogen and oxygen atoms in total. The third-order valence-electron chi connectivity index (χ3n) is 4.74. The minimum absolute atomic E-state index is 0.857. The van der Waals surface area contributed by atoms with Crippen molar-refractivity contribution in [2.45, 2.75) is 39.0 Å². The average Bonchev–Trinajstić information content (AvgIpc) is 1.77. The zero-order valence-electron chi connectivity index (χ0n) is 6.11. The van der Waals surface area contributed by atoms with Crippen LogP contribution in [0.3, 0.4) is 0 Å². The quantitative estimate of drug-likeness (QED) is 0.463. The van der Waals surface area contributed by atoms with E-state index >= 15 is 0 Å². The van der Waals surface area contributed by atoms with E-state index in [-0.39, 0.29) is 0 Å². The van der Waals surface area contributed by atoms with Crippen LogP contribution in [0.2, 0.25) is 0 Å². The van der Waals surface area contributed by atoms with Crippen molar-refractivity contribution >= 4 is 0 Å². The fourth-order valence-electron chi connectivity index (χ4n) is 3.71. The van der Waals surface area contributed by atoms with Gasteiger partial charge in [-0.05, 0) is 48.9 Å². The first kappa shape index (κ1) is 4.76. The molecule has 0 saturated heterocycles. The summed E-state index contributed by atoms with van der Waals surface area (Å²) in [6, 6.07) is 0. The van der Waals surface area contributed by atoms with Gasteiger partial charge in [0.1, 0.15) is 0 Å². The molecule has 3 aliphatic rings. The van der Waals surface area contributed by atoms with Gasteiger partial charge in [0.2, 0.25) is 0 Å². The van der Waals surface area contributed by atoms with Crippen molar-refractivity contribution in [2.24, 2.45) is 16.7 Å². The fourth-order valence-corrected chi connectivity index (χ4v) is 3.71. The van der Waals surface area contributed by atoms with Crippen molar-refractivity contribution in [2.75, 3.05) is 0 Å². The molecule has 0 amide bonds. The van der Waals surface area contributed by atoms with E-state index in [1.807, 2.05) is 0 Å². The first-order valence-electron chi connectivity index (χ1n) is 4.27. The van der Waals surface area contributed by atoms with Crippen LogP contribution >= 0.6 is 0 Å². The monoisotopic (exact) mass is 122 g/mol. The lowest BCUT2D eigenvalue weighted by Gasteiger charge is -2.78. The maximum Gasteiger partial charge on any atom is -0.0215 e. The Labute approximate surface area is 56.6 Å². The topological polar surface area (TPSA) is 0 Å². The van der Waals surface area contributed by atoms with Gasteiger partial charge in [0.25, 0.3) is 0 Å². The van der Waals surface area contributed by atoms with E-state index in [4.69, 9.17) is 0 Å². The van der Waals surface area contributed by atoms with Gasteiger partial charge in [0.05, 0.1) is 0 Å². The number of hydrogen-bond donors (Lipinski definition) is 0. The van der Waals surface area contributed by atoms with Gasteiger partial charge in [-0.15, -0.1) is 0 Å². The first-order valence-corrected chi connectivity index (χ1v) is 4.27. The summed E-state index contributed by atoms with van der Waals surface area (Å²) in [5, 5.41) is 0. The number of hydrogen-bond acceptors (Lipinski definition) is 0. The number of rotatable bonds is 0. The lowest BCUT2D eigenvalue weighted by molar-refractivity contribution is -0.282. The van der Waals surface area contributed by atoms with E-state index in [1.54, 1.807) is 32.1 Å². The third kappa shape index (κ3) is 0.264. The van der Waals surface area contributed by atoms with Gasteiger partial charge in [-0.25, -0.2) is 0 Å². The van der Waals surface area contributed by atoms with Gasteiger partial charge in [-0.1, -0.05) is 6.92 Å². The SMILES string of the molecule is CC12CCC13CCC3C2. The molecule has 9 heavy (non-hydrogen) atoms. The second-order valence-corrected chi connectivity index (χ2v) is 4.66. The predicted molar refractivity (Wildman–Crippen MR) is 37.1 cm³/mol. The van der Waals surface area contributed by atoms with Crippen LogP contribution in [0.25, 0.3) is 0 Å². The van der Waals surface area contributed by atoms with Crippen molar-refractivity contribution in [3.05, 3.63) is 0 Å². The average molecular weight is 122 g/mol. The highest BCUT2D eigenvalue weighted by atomic mass is 14.8. The molecule has 0 bridgehead atoms. The highest BCUT2D eigenvalue weighted by molar-refractivity contribution is 5.21. The zero-order valence-corrected chi connectivity index (χ0v) is 6.11. The Kier molecular flexibility index (Phi) is 0.518. The summed E-state index contributed by atoms with van der Waals surface area (Å²) in [6.07, 6.45) is 7.84. The zero-order chi connectivity index (χ0) is 6.11. The predicted octanol–water partition coefficient (Wildman–Crippen LogP) is 2.59. The minimum atomic E-state index is 0.857. The normalized spacial score (nSPS) is 68.3. The molecule has 3 atom stereocenters. The van der Waals surface area contributed by atoms with Gasteiger partial charge in [0, 0.05) is 0 Å². The summed E-state index contributed by atoms with van der Waals surface area (Å²) in [7, 11) is 0. The molecule has 0 aromatic rings. The van der Waals surface area contributed by atoms with Crippen LogP contribution in [0.15, 0.2) is 0 Å². The summed E-state index contributed by atoms with van der Waals surface area (Å²) >= 11 is 0. The Balaban J connectivity index is 1.99. The van der Waals surface area contributed by atoms with Gasteiger partial charge >= 0.3 is 0 Å². The minimum Gasteiger partial charge on any atom is -0.0591 e. The molecule has 50 valence electrons. The van der Waals surface area contributed by atoms with E-state index in [2.05, 4.69) is 6.92 Å². The Hall–Kier alpha value is 0. The Morgan fingerprint density at radius 2 is 2.11 bits per heavy atom. The highest BCUT2D eigenvalue weighted by Gasteiger charge is 2.71. The van der Waals surface area contributed by atoms with E-state index in [0.717, 1.165) is 10.8 Å². The Bertz CT molecular complexity index is 169. The molecule has 3 rings (SSSR count). The maximum atomic E-state index is 2.51. The Morgan fingerprint density at radius 1 is 1.22 bits per heavy atom. The van der Waals surface area contributed by atoms with E-state index in [9.17, 15) is 0 Å². The van der Waals surface area contributed by atoms with Crippen molar-refractivity contribution in [3.8, 4) is 0 Å². The molecule has 0 heterocycles. The van der Waals surface area contributed by atoms with Crippen molar-refractivity contribution < 1.29 is 0 Å². The van der Waals surface area contributed by atoms with Gasteiger partial charge in [-0.3, -0.25) is 0 Å². The van der Waals surface area contributed by atoms with Gasteiger partial charge < -0.3 is 0 Å². The highest BCUT2D eigenvalue weighted by Crippen LogP contribution is 2.81. The summed E-state index contributed by atoms with van der Waals surface area (Å²) in [5.74, 6) is 1.19. The second-order valence-electron chi connectivity index (χ2n) is 4.66. The summed E-state index contributed by atoms with van der Waals surface area (Å²) in [6.45, 7) is 2.51. The van der Waals surface area contributed by atoms with Crippen LogP contribution in [-0.2, 0) is 0 Å². The molecule has 0 heteroatoms. The molecule has 3 fully saturated rings. The third-order valence-corrected chi connectivity index (χ3v) is 4.74. The van der Waals surface area contributed by atoms with Crippen molar-refractivity contribution in [1.29, 1.82) is 0 Å². The van der Waals surface area contributed by atoms with E-state index < -0.39 is 0 Å². The van der Waals surface area contributed by atoms with Gasteiger partial charge in [-0.2, -0.15) is 0 Å². The van der Waals surface area contributed by atoms with Crippen molar-refractivity contribution in [1.82, 2.24) is 0 Å².